The molecule has 0 aromatic rings. The summed E-state index contributed by atoms with van der Waals surface area (Å²) >= 11 is 0. The van der Waals surface area contributed by atoms with Gasteiger partial charge >= 0.3 is 5.97 Å². The summed E-state index contributed by atoms with van der Waals surface area (Å²) in [5.74, 6) is 0.0327. The van der Waals surface area contributed by atoms with E-state index in [2.05, 4.69) is 4.74 Å². The van der Waals surface area contributed by atoms with Gasteiger partial charge in [-0.25, -0.2) is 4.79 Å². The maximum Gasteiger partial charge on any atom is 0.336 e. The van der Waals surface area contributed by atoms with E-state index in [-0.39, 0.29) is 5.97 Å². The fourth-order valence-electron chi connectivity index (χ4n) is 1.05. The van der Waals surface area contributed by atoms with Crippen molar-refractivity contribution in [3.8, 4) is 0 Å². The predicted octanol–water partition coefficient (Wildman–Crippen LogP) is 0.834. The zero-order valence-electron chi connectivity index (χ0n) is 6.70. The Balaban J connectivity index is 2.57. The Morgan fingerprint density at radius 1 is 1.73 bits per heavy atom. The molecule has 0 unspecified atom stereocenters. The first kappa shape index (κ1) is 8.27. The van der Waals surface area contributed by atoms with Gasteiger partial charge in [0.1, 0.15) is 0 Å². The molecule has 62 valence electrons. The van der Waals surface area contributed by atoms with Gasteiger partial charge in [-0.1, -0.05) is 13.8 Å². The minimum atomic E-state index is -1.02. The van der Waals surface area contributed by atoms with Crippen LogP contribution in [0.1, 0.15) is 20.3 Å². The van der Waals surface area contributed by atoms with E-state index < -0.39 is 6.29 Å². The van der Waals surface area contributed by atoms with Crippen LogP contribution in [-0.4, -0.2) is 17.4 Å². The van der Waals surface area contributed by atoms with Gasteiger partial charge in [-0.15, -0.1) is 0 Å². The van der Waals surface area contributed by atoms with Crippen molar-refractivity contribution >= 4 is 5.97 Å². The monoisotopic (exact) mass is 156 g/mol. The third-order valence-corrected chi connectivity index (χ3v) is 1.46. The first-order valence-electron chi connectivity index (χ1n) is 3.69. The summed E-state index contributed by atoms with van der Waals surface area (Å²) in [4.78, 5) is 10.9. The van der Waals surface area contributed by atoms with E-state index in [1.165, 1.54) is 6.08 Å². The van der Waals surface area contributed by atoms with Gasteiger partial charge in [0, 0.05) is 5.57 Å². The summed E-state index contributed by atoms with van der Waals surface area (Å²) in [5.41, 5.74) is 0.590. The second-order valence-electron chi connectivity index (χ2n) is 3.09. The molecule has 3 nitrogen and oxygen atoms in total. The molecule has 0 radical (unpaired) electrons. The Bertz CT molecular complexity index is 194. The van der Waals surface area contributed by atoms with Crippen LogP contribution in [0.4, 0.5) is 0 Å². The number of ether oxygens (including phenoxy) is 1. The number of carbonyl (C=O) groups excluding carboxylic acids is 1. The molecule has 0 spiro atoms. The van der Waals surface area contributed by atoms with Gasteiger partial charge in [-0.2, -0.15) is 0 Å². The SMILES string of the molecule is CC(C)CC1=C[C@@H](O)OC1=O. The molecule has 0 aromatic carbocycles. The molecule has 1 N–H and O–H groups in total. The highest BCUT2D eigenvalue weighted by molar-refractivity contribution is 5.90. The van der Waals surface area contributed by atoms with Gasteiger partial charge in [0.25, 0.3) is 0 Å². The van der Waals surface area contributed by atoms with Gasteiger partial charge in [-0.3, -0.25) is 0 Å². The van der Waals surface area contributed by atoms with Crippen LogP contribution in [-0.2, 0) is 9.53 Å². The number of carbonyl (C=O) groups is 1. The largest absolute Gasteiger partial charge is 0.429 e. The van der Waals surface area contributed by atoms with Gasteiger partial charge in [0.15, 0.2) is 0 Å². The molecule has 0 amide bonds. The minimum absolute atomic E-state index is 0.383. The van der Waals surface area contributed by atoms with Crippen molar-refractivity contribution in [2.75, 3.05) is 0 Å². The number of esters is 1. The Morgan fingerprint density at radius 2 is 2.36 bits per heavy atom. The smallest absolute Gasteiger partial charge is 0.336 e. The van der Waals surface area contributed by atoms with Crippen molar-refractivity contribution in [3.05, 3.63) is 11.6 Å². The summed E-state index contributed by atoms with van der Waals surface area (Å²) < 4.78 is 4.50. The molecule has 1 atom stereocenters. The number of rotatable bonds is 2. The third kappa shape index (κ3) is 2.05. The van der Waals surface area contributed by atoms with Crippen molar-refractivity contribution < 1.29 is 14.6 Å². The highest BCUT2D eigenvalue weighted by atomic mass is 16.6. The standard InChI is InChI=1S/C8H12O3/c1-5(2)3-6-4-7(9)11-8(6)10/h4-5,7,9H,3H2,1-2H3/t7-/m0/s1. The zero-order valence-corrected chi connectivity index (χ0v) is 6.70. The van der Waals surface area contributed by atoms with Crippen LogP contribution < -0.4 is 0 Å². The van der Waals surface area contributed by atoms with Crippen LogP contribution in [0.2, 0.25) is 0 Å². The number of hydrogen-bond donors (Lipinski definition) is 1. The van der Waals surface area contributed by atoms with Gasteiger partial charge in [0.05, 0.1) is 0 Å². The van der Waals surface area contributed by atoms with E-state index in [1.807, 2.05) is 13.8 Å². The van der Waals surface area contributed by atoms with E-state index in [0.29, 0.717) is 17.9 Å². The van der Waals surface area contributed by atoms with Crippen molar-refractivity contribution in [3.63, 3.8) is 0 Å². The third-order valence-electron chi connectivity index (χ3n) is 1.46. The van der Waals surface area contributed by atoms with E-state index in [9.17, 15) is 4.79 Å². The molecule has 11 heavy (non-hydrogen) atoms. The summed E-state index contributed by atoms with van der Waals surface area (Å²) in [7, 11) is 0. The molecule has 0 aromatic heterocycles. The summed E-state index contributed by atoms with van der Waals surface area (Å²) in [6, 6.07) is 0. The Labute approximate surface area is 65.7 Å². The van der Waals surface area contributed by atoms with Crippen molar-refractivity contribution in [2.24, 2.45) is 5.92 Å². The Morgan fingerprint density at radius 3 is 2.73 bits per heavy atom. The maximum atomic E-state index is 10.9. The minimum Gasteiger partial charge on any atom is -0.429 e. The lowest BCUT2D eigenvalue weighted by atomic mass is 10.0. The molecular formula is C8H12O3. The van der Waals surface area contributed by atoms with E-state index >= 15 is 0 Å². The molecule has 1 aliphatic heterocycles. The maximum absolute atomic E-state index is 10.9. The summed E-state index contributed by atoms with van der Waals surface area (Å²) in [6.07, 6.45) is 1.12. The molecule has 0 saturated carbocycles. The van der Waals surface area contributed by atoms with Crippen LogP contribution in [0.25, 0.3) is 0 Å². The quantitative estimate of drug-likeness (QED) is 0.602. The van der Waals surface area contributed by atoms with Crippen molar-refractivity contribution in [1.29, 1.82) is 0 Å². The average molecular weight is 156 g/mol. The number of aliphatic hydroxyl groups is 1. The molecular weight excluding hydrogens is 144 g/mol. The number of hydrogen-bond acceptors (Lipinski definition) is 3. The summed E-state index contributed by atoms with van der Waals surface area (Å²) in [6.45, 7) is 4.03. The van der Waals surface area contributed by atoms with Crippen LogP contribution in [0.15, 0.2) is 11.6 Å². The van der Waals surface area contributed by atoms with Crippen LogP contribution in [0, 0.1) is 5.92 Å². The van der Waals surface area contributed by atoms with E-state index in [4.69, 9.17) is 5.11 Å². The van der Waals surface area contributed by atoms with E-state index in [0.717, 1.165) is 0 Å². The number of cyclic esters (lactones) is 1. The molecule has 0 saturated heterocycles. The lowest BCUT2D eigenvalue weighted by Gasteiger charge is -2.01. The van der Waals surface area contributed by atoms with E-state index in [1.54, 1.807) is 0 Å². The van der Waals surface area contributed by atoms with Crippen molar-refractivity contribution in [1.82, 2.24) is 0 Å². The fourth-order valence-corrected chi connectivity index (χ4v) is 1.05. The first-order chi connectivity index (χ1) is 5.09. The Hall–Kier alpha value is -0.830. The molecule has 1 aliphatic rings. The normalized spacial score (nSPS) is 23.8. The summed E-state index contributed by atoms with van der Waals surface area (Å²) in [5, 5.41) is 8.86. The second-order valence-corrected chi connectivity index (χ2v) is 3.09. The lowest BCUT2D eigenvalue weighted by Crippen LogP contribution is -2.06. The predicted molar refractivity (Wildman–Crippen MR) is 39.6 cm³/mol. The van der Waals surface area contributed by atoms with Gasteiger partial charge in [-0.05, 0) is 18.4 Å². The first-order valence-corrected chi connectivity index (χ1v) is 3.69. The van der Waals surface area contributed by atoms with Crippen molar-refractivity contribution in [2.45, 2.75) is 26.6 Å². The number of aliphatic hydroxyl groups excluding tert-OH is 1. The fraction of sp³-hybridized carbons (Fsp3) is 0.625. The van der Waals surface area contributed by atoms with Crippen LogP contribution in [0.3, 0.4) is 0 Å². The molecule has 1 heterocycles. The molecule has 0 aliphatic carbocycles. The Kier molecular flexibility index (Phi) is 2.29. The molecule has 1 rings (SSSR count). The topological polar surface area (TPSA) is 46.5 Å². The zero-order chi connectivity index (χ0) is 8.43. The van der Waals surface area contributed by atoms with Crippen LogP contribution in [0.5, 0.6) is 0 Å². The van der Waals surface area contributed by atoms with Crippen LogP contribution >= 0.6 is 0 Å². The molecule has 0 fully saturated rings. The van der Waals surface area contributed by atoms with Gasteiger partial charge < -0.3 is 9.84 Å². The second kappa shape index (κ2) is 3.05. The lowest BCUT2D eigenvalue weighted by molar-refractivity contribution is -0.151. The molecule has 3 heteroatoms. The molecule has 0 bridgehead atoms. The van der Waals surface area contributed by atoms with Gasteiger partial charge in [0.2, 0.25) is 6.29 Å². The highest BCUT2D eigenvalue weighted by Crippen LogP contribution is 2.18. The average Bonchev–Trinajstić information content (AvgIpc) is 2.09. The highest BCUT2D eigenvalue weighted by Gasteiger charge is 2.23.